The maximum atomic E-state index is 5.38. The fourth-order valence-electron chi connectivity index (χ4n) is 2.03. The molecule has 1 heterocycles. The molecule has 0 atom stereocenters. The van der Waals surface area contributed by atoms with Gasteiger partial charge < -0.3 is 15.2 Å². The smallest absolute Gasteiger partial charge is 0.191 e. The molecule has 0 saturated heterocycles. The average molecular weight is 284 g/mol. The van der Waals surface area contributed by atoms with Crippen molar-refractivity contribution in [3.05, 3.63) is 42.1 Å². The minimum absolute atomic E-state index is 0.512. The largest absolute Gasteiger partial charge is 0.357 e. The van der Waals surface area contributed by atoms with E-state index in [4.69, 9.17) is 4.52 Å². The fourth-order valence-corrected chi connectivity index (χ4v) is 2.03. The Kier molecular flexibility index (Phi) is 4.19. The molecular formula is C16H20N4O. The third-order valence-electron chi connectivity index (χ3n) is 3.28. The number of aromatic nitrogens is 1. The molecule has 21 heavy (non-hydrogen) atoms. The number of nitrogens with zero attached hydrogens (tertiary/aromatic N) is 2. The Morgan fingerprint density at radius 2 is 2.14 bits per heavy atom. The first-order valence-electron chi connectivity index (χ1n) is 7.41. The molecule has 1 aromatic carbocycles. The summed E-state index contributed by atoms with van der Waals surface area (Å²) in [5.41, 5.74) is 1.87. The molecule has 0 aliphatic heterocycles. The van der Waals surface area contributed by atoms with Crippen molar-refractivity contribution < 1.29 is 4.52 Å². The van der Waals surface area contributed by atoms with Gasteiger partial charge in [-0.3, -0.25) is 0 Å². The van der Waals surface area contributed by atoms with E-state index < -0.39 is 0 Å². The molecule has 2 aromatic rings. The number of aliphatic imine (C=N–C) groups is 1. The number of rotatable bonds is 5. The van der Waals surface area contributed by atoms with Crippen molar-refractivity contribution in [2.45, 2.75) is 32.4 Å². The van der Waals surface area contributed by atoms with E-state index >= 15 is 0 Å². The van der Waals surface area contributed by atoms with Gasteiger partial charge in [-0.25, -0.2) is 4.99 Å². The molecule has 3 rings (SSSR count). The molecular weight excluding hydrogens is 264 g/mol. The lowest BCUT2D eigenvalue weighted by molar-refractivity contribution is 0.424. The number of nitrogens with one attached hydrogen (secondary N) is 2. The standard InChI is InChI=1S/C16H20N4O/c1-2-17-16(19-13-8-9-13)18-11-14-10-15(21-20-14)12-6-4-3-5-7-12/h3-7,10,13H,2,8-9,11H2,1H3,(H2,17,18,19). The minimum Gasteiger partial charge on any atom is -0.357 e. The van der Waals surface area contributed by atoms with Gasteiger partial charge in [0.05, 0.1) is 6.54 Å². The first-order chi connectivity index (χ1) is 10.3. The summed E-state index contributed by atoms with van der Waals surface area (Å²) in [6.45, 7) is 3.43. The third-order valence-corrected chi connectivity index (χ3v) is 3.28. The van der Waals surface area contributed by atoms with Gasteiger partial charge in [-0.15, -0.1) is 0 Å². The van der Waals surface area contributed by atoms with Gasteiger partial charge >= 0.3 is 0 Å². The molecule has 1 aliphatic carbocycles. The summed E-state index contributed by atoms with van der Waals surface area (Å²) in [6.07, 6.45) is 2.46. The van der Waals surface area contributed by atoms with E-state index in [0.717, 1.165) is 29.5 Å². The minimum atomic E-state index is 0.512. The Balaban J connectivity index is 1.65. The maximum Gasteiger partial charge on any atom is 0.191 e. The van der Waals surface area contributed by atoms with Crippen molar-refractivity contribution in [2.75, 3.05) is 6.54 Å². The predicted octanol–water partition coefficient (Wildman–Crippen LogP) is 2.56. The van der Waals surface area contributed by atoms with E-state index in [2.05, 4.69) is 27.7 Å². The first-order valence-corrected chi connectivity index (χ1v) is 7.41. The van der Waals surface area contributed by atoms with Crippen LogP contribution in [-0.2, 0) is 6.54 Å². The van der Waals surface area contributed by atoms with Crippen LogP contribution in [0.5, 0.6) is 0 Å². The van der Waals surface area contributed by atoms with Gasteiger partial charge in [-0.05, 0) is 19.8 Å². The molecule has 5 heteroatoms. The molecule has 0 radical (unpaired) electrons. The van der Waals surface area contributed by atoms with Crippen LogP contribution in [0.3, 0.4) is 0 Å². The van der Waals surface area contributed by atoms with Crippen molar-refractivity contribution in [1.29, 1.82) is 0 Å². The van der Waals surface area contributed by atoms with Crippen molar-refractivity contribution in [3.8, 4) is 11.3 Å². The predicted molar refractivity (Wildman–Crippen MR) is 82.9 cm³/mol. The van der Waals surface area contributed by atoms with Gasteiger partial charge in [0.2, 0.25) is 0 Å². The van der Waals surface area contributed by atoms with Crippen molar-refractivity contribution >= 4 is 5.96 Å². The van der Waals surface area contributed by atoms with Crippen LogP contribution < -0.4 is 10.6 Å². The summed E-state index contributed by atoms with van der Waals surface area (Å²) in [5, 5.41) is 10.7. The molecule has 1 aromatic heterocycles. The Bertz CT molecular complexity index is 602. The Hall–Kier alpha value is -2.30. The molecule has 0 spiro atoms. The van der Waals surface area contributed by atoms with Crippen LogP contribution in [0.15, 0.2) is 45.9 Å². The normalized spacial score (nSPS) is 15.0. The van der Waals surface area contributed by atoms with Gasteiger partial charge in [-0.1, -0.05) is 35.5 Å². The molecule has 1 saturated carbocycles. The van der Waals surface area contributed by atoms with Gasteiger partial charge in [-0.2, -0.15) is 0 Å². The number of hydrogen-bond acceptors (Lipinski definition) is 3. The lowest BCUT2D eigenvalue weighted by atomic mass is 10.2. The molecule has 1 fully saturated rings. The van der Waals surface area contributed by atoms with E-state index in [1.54, 1.807) is 0 Å². The van der Waals surface area contributed by atoms with Crippen molar-refractivity contribution in [2.24, 2.45) is 4.99 Å². The Morgan fingerprint density at radius 3 is 2.86 bits per heavy atom. The van der Waals surface area contributed by atoms with Crippen LogP contribution in [0.2, 0.25) is 0 Å². The topological polar surface area (TPSA) is 62.5 Å². The molecule has 2 N–H and O–H groups in total. The fraction of sp³-hybridized carbons (Fsp3) is 0.375. The zero-order valence-corrected chi connectivity index (χ0v) is 12.2. The first kappa shape index (κ1) is 13.7. The number of hydrogen-bond donors (Lipinski definition) is 2. The maximum absolute atomic E-state index is 5.38. The van der Waals surface area contributed by atoms with E-state index in [0.29, 0.717) is 12.6 Å². The third kappa shape index (κ3) is 3.84. The molecule has 0 amide bonds. The lowest BCUT2D eigenvalue weighted by Gasteiger charge is -2.09. The molecule has 110 valence electrons. The highest BCUT2D eigenvalue weighted by Crippen LogP contribution is 2.20. The highest BCUT2D eigenvalue weighted by Gasteiger charge is 2.22. The molecule has 0 bridgehead atoms. The number of benzene rings is 1. The highest BCUT2D eigenvalue weighted by molar-refractivity contribution is 5.80. The second kappa shape index (κ2) is 6.43. The van der Waals surface area contributed by atoms with Crippen LogP contribution in [0, 0.1) is 0 Å². The van der Waals surface area contributed by atoms with E-state index in [1.165, 1.54) is 12.8 Å². The van der Waals surface area contributed by atoms with Crippen LogP contribution in [-0.4, -0.2) is 23.7 Å². The van der Waals surface area contributed by atoms with Crippen molar-refractivity contribution in [3.63, 3.8) is 0 Å². The summed E-state index contributed by atoms with van der Waals surface area (Å²) < 4.78 is 5.38. The second-order valence-corrected chi connectivity index (χ2v) is 5.16. The lowest BCUT2D eigenvalue weighted by Crippen LogP contribution is -2.38. The van der Waals surface area contributed by atoms with Crippen LogP contribution in [0.1, 0.15) is 25.5 Å². The monoisotopic (exact) mass is 284 g/mol. The summed E-state index contributed by atoms with van der Waals surface area (Å²) in [5.74, 6) is 1.63. The SMILES string of the molecule is CCNC(=NCc1cc(-c2ccccc2)on1)NC1CC1. The van der Waals surface area contributed by atoms with E-state index in [9.17, 15) is 0 Å². The summed E-state index contributed by atoms with van der Waals surface area (Å²) in [4.78, 5) is 4.54. The quantitative estimate of drug-likeness (QED) is 0.654. The zero-order valence-electron chi connectivity index (χ0n) is 12.2. The van der Waals surface area contributed by atoms with Gasteiger partial charge in [0, 0.05) is 24.2 Å². The summed E-state index contributed by atoms with van der Waals surface area (Å²) >= 11 is 0. The van der Waals surface area contributed by atoms with Gasteiger partial charge in [0.15, 0.2) is 11.7 Å². The zero-order chi connectivity index (χ0) is 14.5. The second-order valence-electron chi connectivity index (χ2n) is 5.16. The van der Waals surface area contributed by atoms with Crippen molar-refractivity contribution in [1.82, 2.24) is 15.8 Å². The van der Waals surface area contributed by atoms with E-state index in [1.807, 2.05) is 36.4 Å². The van der Waals surface area contributed by atoms with Crippen LogP contribution >= 0.6 is 0 Å². The highest BCUT2D eigenvalue weighted by atomic mass is 16.5. The summed E-state index contributed by atoms with van der Waals surface area (Å²) in [6, 6.07) is 12.5. The van der Waals surface area contributed by atoms with Crippen LogP contribution in [0.25, 0.3) is 11.3 Å². The number of guanidine groups is 1. The molecule has 0 unspecified atom stereocenters. The van der Waals surface area contributed by atoms with Gasteiger partial charge in [0.25, 0.3) is 0 Å². The van der Waals surface area contributed by atoms with Crippen LogP contribution in [0.4, 0.5) is 0 Å². The Labute approximate surface area is 124 Å². The Morgan fingerprint density at radius 1 is 1.33 bits per heavy atom. The molecule has 1 aliphatic rings. The average Bonchev–Trinajstić information content (AvgIpc) is 3.20. The van der Waals surface area contributed by atoms with Gasteiger partial charge in [0.1, 0.15) is 5.69 Å². The molecule has 5 nitrogen and oxygen atoms in total. The van der Waals surface area contributed by atoms with E-state index in [-0.39, 0.29) is 0 Å². The summed E-state index contributed by atoms with van der Waals surface area (Å²) in [7, 11) is 0.